The van der Waals surface area contributed by atoms with Crippen molar-refractivity contribution in [3.05, 3.63) is 58.1 Å². The minimum atomic E-state index is -0.738. The van der Waals surface area contributed by atoms with Crippen LogP contribution in [0.2, 0.25) is 0 Å². The third-order valence-electron chi connectivity index (χ3n) is 5.73. The van der Waals surface area contributed by atoms with Gasteiger partial charge in [0.05, 0.1) is 11.5 Å². The number of benzene rings is 2. The number of nitrogens with zero attached hydrogens (tertiary/aromatic N) is 3. The molecule has 1 N–H and O–H groups in total. The molecule has 34 heavy (non-hydrogen) atoms. The van der Waals surface area contributed by atoms with Crippen LogP contribution in [0.15, 0.2) is 42.5 Å². The summed E-state index contributed by atoms with van der Waals surface area (Å²) in [6.07, 6.45) is -0.738. The number of carbonyl (C=O) groups is 2. The van der Waals surface area contributed by atoms with Gasteiger partial charge in [-0.25, -0.2) is 0 Å². The van der Waals surface area contributed by atoms with Crippen molar-refractivity contribution >= 4 is 23.2 Å². The van der Waals surface area contributed by atoms with Gasteiger partial charge in [0, 0.05) is 51.5 Å². The van der Waals surface area contributed by atoms with Gasteiger partial charge in [-0.05, 0) is 24.3 Å². The zero-order valence-corrected chi connectivity index (χ0v) is 18.8. The Labute approximate surface area is 196 Å². The quantitative estimate of drug-likeness (QED) is 0.369. The third-order valence-corrected chi connectivity index (χ3v) is 5.73. The maximum absolute atomic E-state index is 13.0. The van der Waals surface area contributed by atoms with Crippen molar-refractivity contribution in [1.82, 2.24) is 9.80 Å². The summed E-state index contributed by atoms with van der Waals surface area (Å²) in [5, 5.41) is 14.4. The molecule has 0 bridgehead atoms. The molecule has 0 saturated carbocycles. The van der Waals surface area contributed by atoms with Crippen LogP contribution in [0.3, 0.4) is 0 Å². The van der Waals surface area contributed by atoms with Crippen LogP contribution >= 0.6 is 0 Å². The monoisotopic (exact) mass is 470 g/mol. The minimum absolute atomic E-state index is 0.128. The molecule has 1 unspecified atom stereocenters. The molecular formula is C23H26N4O7. The largest absolute Gasteiger partial charge is 0.485 e. The predicted molar refractivity (Wildman–Crippen MR) is 122 cm³/mol. The topological polar surface area (TPSA) is 123 Å². The van der Waals surface area contributed by atoms with Gasteiger partial charge in [-0.3, -0.25) is 19.7 Å². The number of piperazine rings is 1. The van der Waals surface area contributed by atoms with E-state index in [-0.39, 0.29) is 29.7 Å². The van der Waals surface area contributed by atoms with Crippen LogP contribution in [0.25, 0.3) is 0 Å². The molecular weight excluding hydrogens is 444 g/mol. The van der Waals surface area contributed by atoms with Crippen molar-refractivity contribution in [3.8, 4) is 11.5 Å². The van der Waals surface area contributed by atoms with E-state index in [0.717, 1.165) is 0 Å². The second-order valence-electron chi connectivity index (χ2n) is 7.89. The fourth-order valence-electron chi connectivity index (χ4n) is 3.91. The fourth-order valence-corrected chi connectivity index (χ4v) is 3.91. The van der Waals surface area contributed by atoms with Crippen molar-refractivity contribution in [2.24, 2.45) is 0 Å². The lowest BCUT2D eigenvalue weighted by Gasteiger charge is -2.37. The number of nitrogens with one attached hydrogen (secondary N) is 1. The number of methoxy groups -OCH3 is 1. The fraction of sp³-hybridized carbons (Fsp3) is 0.391. The molecule has 0 aromatic heterocycles. The van der Waals surface area contributed by atoms with Crippen LogP contribution in [0.4, 0.5) is 11.4 Å². The molecule has 2 amide bonds. The van der Waals surface area contributed by atoms with Gasteiger partial charge < -0.3 is 29.3 Å². The van der Waals surface area contributed by atoms with Gasteiger partial charge in [0.15, 0.2) is 11.5 Å². The van der Waals surface area contributed by atoms with E-state index in [1.807, 2.05) is 12.1 Å². The molecule has 0 aliphatic carbocycles. The van der Waals surface area contributed by atoms with Crippen molar-refractivity contribution < 1.29 is 28.7 Å². The van der Waals surface area contributed by atoms with Gasteiger partial charge >= 0.3 is 0 Å². The number of nitro benzene ring substituents is 1. The Hall–Kier alpha value is -3.86. The van der Waals surface area contributed by atoms with Gasteiger partial charge in [-0.1, -0.05) is 12.1 Å². The Morgan fingerprint density at radius 1 is 1.12 bits per heavy atom. The van der Waals surface area contributed by atoms with Crippen LogP contribution in [-0.4, -0.2) is 85.7 Å². The van der Waals surface area contributed by atoms with Crippen LogP contribution in [0, 0.1) is 10.1 Å². The molecule has 1 fully saturated rings. The number of nitro groups is 1. The highest BCUT2D eigenvalue weighted by molar-refractivity contribution is 5.96. The second-order valence-corrected chi connectivity index (χ2v) is 7.89. The number of hydrogen-bond donors (Lipinski definition) is 1. The third kappa shape index (κ3) is 5.04. The van der Waals surface area contributed by atoms with E-state index in [4.69, 9.17) is 14.2 Å². The molecule has 0 spiro atoms. The van der Waals surface area contributed by atoms with Crippen molar-refractivity contribution in [3.63, 3.8) is 0 Å². The number of anilines is 1. The summed E-state index contributed by atoms with van der Waals surface area (Å²) >= 11 is 0. The number of amides is 2. The van der Waals surface area contributed by atoms with E-state index < -0.39 is 11.0 Å². The molecule has 2 aliphatic rings. The van der Waals surface area contributed by atoms with E-state index in [1.165, 1.54) is 12.1 Å². The zero-order valence-electron chi connectivity index (χ0n) is 18.8. The summed E-state index contributed by atoms with van der Waals surface area (Å²) < 4.78 is 16.4. The number of para-hydroxylation sites is 2. The SMILES string of the molecule is COCCNc1ccc(C(=O)N2CCN(C(=O)C3COc4ccccc4O3)CC2)cc1[N+](=O)[O-]. The highest BCUT2D eigenvalue weighted by Crippen LogP contribution is 2.31. The Morgan fingerprint density at radius 3 is 2.53 bits per heavy atom. The molecule has 11 nitrogen and oxygen atoms in total. The average Bonchev–Trinajstić information content (AvgIpc) is 2.88. The highest BCUT2D eigenvalue weighted by Gasteiger charge is 2.33. The lowest BCUT2D eigenvalue weighted by Crippen LogP contribution is -2.55. The number of rotatable bonds is 7. The van der Waals surface area contributed by atoms with Gasteiger partial charge in [0.25, 0.3) is 17.5 Å². The summed E-state index contributed by atoms with van der Waals surface area (Å²) in [5.74, 6) is 0.632. The van der Waals surface area contributed by atoms with E-state index >= 15 is 0 Å². The number of ether oxygens (including phenoxy) is 3. The maximum Gasteiger partial charge on any atom is 0.293 e. The van der Waals surface area contributed by atoms with Crippen molar-refractivity contribution in [1.29, 1.82) is 0 Å². The number of fused-ring (bicyclic) bond motifs is 1. The first-order valence-corrected chi connectivity index (χ1v) is 11.0. The predicted octanol–water partition coefficient (Wildman–Crippen LogP) is 1.78. The Balaban J connectivity index is 1.36. The second kappa shape index (κ2) is 10.4. The molecule has 4 rings (SSSR count). The van der Waals surface area contributed by atoms with Crippen molar-refractivity contribution in [2.45, 2.75) is 6.10 Å². The molecule has 2 aliphatic heterocycles. The van der Waals surface area contributed by atoms with Gasteiger partial charge in [0.1, 0.15) is 12.3 Å². The first-order chi connectivity index (χ1) is 16.5. The summed E-state index contributed by atoms with van der Waals surface area (Å²) in [6.45, 7) is 2.24. The van der Waals surface area contributed by atoms with E-state index in [2.05, 4.69) is 5.32 Å². The Kier molecular flexibility index (Phi) is 7.12. The van der Waals surface area contributed by atoms with Gasteiger partial charge in [-0.2, -0.15) is 0 Å². The maximum atomic E-state index is 13.0. The van der Waals surface area contributed by atoms with Crippen LogP contribution in [0.1, 0.15) is 10.4 Å². The summed E-state index contributed by atoms with van der Waals surface area (Å²) in [7, 11) is 1.54. The molecule has 1 atom stereocenters. The molecule has 180 valence electrons. The highest BCUT2D eigenvalue weighted by atomic mass is 16.6. The molecule has 1 saturated heterocycles. The molecule has 2 aromatic carbocycles. The van der Waals surface area contributed by atoms with Gasteiger partial charge in [-0.15, -0.1) is 0 Å². The lowest BCUT2D eigenvalue weighted by molar-refractivity contribution is -0.384. The average molecular weight is 470 g/mol. The molecule has 11 heteroatoms. The normalized spacial score (nSPS) is 17.3. The van der Waals surface area contributed by atoms with Crippen LogP contribution in [-0.2, 0) is 9.53 Å². The van der Waals surface area contributed by atoms with Crippen LogP contribution < -0.4 is 14.8 Å². The van der Waals surface area contributed by atoms with Crippen molar-refractivity contribution in [2.75, 3.05) is 58.4 Å². The standard InChI is InChI=1S/C23H26N4O7/c1-32-13-8-24-17-7-6-16(14-18(17)27(30)31)22(28)25-9-11-26(12-10-25)23(29)21-15-33-19-4-2-3-5-20(19)34-21/h2-7,14,21,24H,8-13,15H2,1H3. The Morgan fingerprint density at radius 2 is 1.82 bits per heavy atom. The first kappa shape index (κ1) is 23.3. The van der Waals surface area contributed by atoms with E-state index in [1.54, 1.807) is 35.1 Å². The Bertz CT molecular complexity index is 1070. The zero-order chi connectivity index (χ0) is 24.1. The smallest absolute Gasteiger partial charge is 0.293 e. The van der Waals surface area contributed by atoms with Gasteiger partial charge in [0.2, 0.25) is 6.10 Å². The molecule has 2 aromatic rings. The summed E-state index contributed by atoms with van der Waals surface area (Å²) in [5.41, 5.74) is 0.375. The van der Waals surface area contributed by atoms with E-state index in [9.17, 15) is 19.7 Å². The molecule has 2 heterocycles. The number of carbonyl (C=O) groups excluding carboxylic acids is 2. The van der Waals surface area contributed by atoms with E-state index in [0.29, 0.717) is 56.5 Å². The first-order valence-electron chi connectivity index (χ1n) is 11.0. The summed E-state index contributed by atoms with van der Waals surface area (Å²) in [6, 6.07) is 11.5. The lowest BCUT2D eigenvalue weighted by atomic mass is 10.1. The minimum Gasteiger partial charge on any atom is -0.485 e. The number of hydrogen-bond acceptors (Lipinski definition) is 8. The summed E-state index contributed by atoms with van der Waals surface area (Å²) in [4.78, 5) is 40.1. The molecule has 0 radical (unpaired) electrons. The van der Waals surface area contributed by atoms with Crippen LogP contribution in [0.5, 0.6) is 11.5 Å².